The highest BCUT2D eigenvalue weighted by Gasteiger charge is 2.17. The second-order valence-electron chi connectivity index (χ2n) is 4.91. The van der Waals surface area contributed by atoms with Crippen LogP contribution in [0.2, 0.25) is 10.0 Å². The van der Waals surface area contributed by atoms with Crippen LogP contribution < -0.4 is 5.32 Å². The lowest BCUT2D eigenvalue weighted by Crippen LogP contribution is -2.14. The van der Waals surface area contributed by atoms with E-state index in [2.05, 4.69) is 14.9 Å². The van der Waals surface area contributed by atoms with Crippen molar-refractivity contribution in [3.8, 4) is 11.3 Å². The van der Waals surface area contributed by atoms with Crippen LogP contribution in [0.15, 0.2) is 30.7 Å². The second-order valence-corrected chi connectivity index (χ2v) is 5.76. The van der Waals surface area contributed by atoms with Gasteiger partial charge in [0.15, 0.2) is 0 Å². The maximum atomic E-state index is 6.26. The lowest BCUT2D eigenvalue weighted by Gasteiger charge is -2.13. The molecule has 3 nitrogen and oxygen atoms in total. The summed E-state index contributed by atoms with van der Waals surface area (Å²) in [7, 11) is 0. The normalized spacial score (nSPS) is 18.9. The molecule has 0 spiro atoms. The van der Waals surface area contributed by atoms with Crippen molar-refractivity contribution in [2.75, 3.05) is 13.1 Å². The smallest absolute Gasteiger partial charge is 0.0951 e. The van der Waals surface area contributed by atoms with E-state index in [-0.39, 0.29) is 0 Å². The number of rotatable bonds is 3. The topological polar surface area (TPSA) is 29.9 Å². The van der Waals surface area contributed by atoms with Crippen molar-refractivity contribution in [3.05, 3.63) is 40.8 Å². The van der Waals surface area contributed by atoms with E-state index < -0.39 is 0 Å². The third-order valence-corrected chi connectivity index (χ3v) is 4.10. The minimum Gasteiger partial charge on any atom is -0.330 e. The van der Waals surface area contributed by atoms with Gasteiger partial charge >= 0.3 is 0 Å². The fraction of sp³-hybridized carbons (Fsp3) is 0.357. The molecule has 0 amide bonds. The predicted octanol–water partition coefficient (Wildman–Crippen LogP) is 3.47. The molecule has 100 valence electrons. The number of hydrogen-bond acceptors (Lipinski definition) is 2. The SMILES string of the molecule is Clc1ccc(Cl)c(-c2cncn2CC2CCNC2)c1. The van der Waals surface area contributed by atoms with Gasteiger partial charge in [0.1, 0.15) is 0 Å². The third kappa shape index (κ3) is 2.78. The van der Waals surface area contributed by atoms with Gasteiger partial charge in [0.05, 0.1) is 23.2 Å². The summed E-state index contributed by atoms with van der Waals surface area (Å²) in [4.78, 5) is 4.25. The van der Waals surface area contributed by atoms with Crippen molar-refractivity contribution >= 4 is 23.2 Å². The van der Waals surface area contributed by atoms with Gasteiger partial charge in [0.2, 0.25) is 0 Å². The zero-order valence-corrected chi connectivity index (χ0v) is 12.0. The first-order valence-corrected chi connectivity index (χ1v) is 7.16. The van der Waals surface area contributed by atoms with Gasteiger partial charge in [-0.3, -0.25) is 0 Å². The largest absolute Gasteiger partial charge is 0.330 e. The van der Waals surface area contributed by atoms with Crippen LogP contribution in [0.1, 0.15) is 6.42 Å². The van der Waals surface area contributed by atoms with Crippen molar-refractivity contribution in [3.63, 3.8) is 0 Å². The summed E-state index contributed by atoms with van der Waals surface area (Å²) in [6.45, 7) is 3.14. The minimum atomic E-state index is 0.658. The van der Waals surface area contributed by atoms with Gasteiger partial charge < -0.3 is 9.88 Å². The van der Waals surface area contributed by atoms with Crippen LogP contribution >= 0.6 is 23.2 Å². The molecule has 0 aliphatic carbocycles. The lowest BCUT2D eigenvalue weighted by molar-refractivity contribution is 0.484. The number of aromatic nitrogens is 2. The predicted molar refractivity (Wildman–Crippen MR) is 78.7 cm³/mol. The maximum absolute atomic E-state index is 6.26. The molecule has 1 aromatic carbocycles. The summed E-state index contributed by atoms with van der Waals surface area (Å²) in [5.74, 6) is 0.658. The van der Waals surface area contributed by atoms with E-state index in [4.69, 9.17) is 23.2 Å². The van der Waals surface area contributed by atoms with Gasteiger partial charge in [-0.05, 0) is 43.6 Å². The molecule has 1 aromatic heterocycles. The Balaban J connectivity index is 1.92. The molecule has 3 rings (SSSR count). The summed E-state index contributed by atoms with van der Waals surface area (Å²) in [6, 6.07) is 5.52. The molecule has 1 fully saturated rings. The molecular weight excluding hydrogens is 281 g/mol. The second kappa shape index (κ2) is 5.53. The van der Waals surface area contributed by atoms with Gasteiger partial charge in [0, 0.05) is 17.1 Å². The van der Waals surface area contributed by atoms with Crippen LogP contribution in [0.3, 0.4) is 0 Å². The van der Waals surface area contributed by atoms with E-state index in [0.29, 0.717) is 16.0 Å². The average Bonchev–Trinajstić information content (AvgIpc) is 3.04. The van der Waals surface area contributed by atoms with Gasteiger partial charge in [-0.15, -0.1) is 0 Å². The monoisotopic (exact) mass is 295 g/mol. The van der Waals surface area contributed by atoms with Crippen LogP contribution in [0, 0.1) is 5.92 Å². The highest BCUT2D eigenvalue weighted by Crippen LogP contribution is 2.31. The number of imidazole rings is 1. The Kier molecular flexibility index (Phi) is 3.78. The molecule has 1 aliphatic rings. The Labute approximate surface area is 122 Å². The summed E-state index contributed by atoms with van der Waals surface area (Å²) in [5, 5.41) is 4.78. The molecule has 19 heavy (non-hydrogen) atoms. The molecule has 1 unspecified atom stereocenters. The van der Waals surface area contributed by atoms with Crippen LogP contribution in [0.5, 0.6) is 0 Å². The van der Waals surface area contributed by atoms with Crippen molar-refractivity contribution in [1.29, 1.82) is 0 Å². The molecule has 2 aromatic rings. The van der Waals surface area contributed by atoms with Crippen LogP contribution in [-0.2, 0) is 6.54 Å². The highest BCUT2D eigenvalue weighted by atomic mass is 35.5. The summed E-state index contributed by atoms with van der Waals surface area (Å²) in [5.41, 5.74) is 1.97. The maximum Gasteiger partial charge on any atom is 0.0951 e. The summed E-state index contributed by atoms with van der Waals surface area (Å²) >= 11 is 12.3. The number of nitrogens with zero attached hydrogens (tertiary/aromatic N) is 2. The van der Waals surface area contributed by atoms with E-state index in [1.54, 1.807) is 6.07 Å². The number of benzene rings is 1. The fourth-order valence-electron chi connectivity index (χ4n) is 2.53. The van der Waals surface area contributed by atoms with Crippen molar-refractivity contribution in [1.82, 2.24) is 14.9 Å². The summed E-state index contributed by atoms with van der Waals surface area (Å²) < 4.78 is 2.16. The molecule has 1 aliphatic heterocycles. The molecular formula is C14H15Cl2N3. The van der Waals surface area contributed by atoms with Crippen LogP contribution in [0.4, 0.5) is 0 Å². The standard InChI is InChI=1S/C14H15Cl2N3/c15-11-1-2-13(16)12(5-11)14-7-18-9-19(14)8-10-3-4-17-6-10/h1-2,5,7,9-10,17H,3-4,6,8H2. The zero-order chi connectivity index (χ0) is 13.2. The average molecular weight is 296 g/mol. The first kappa shape index (κ1) is 13.0. The molecule has 0 radical (unpaired) electrons. The number of hydrogen-bond donors (Lipinski definition) is 1. The first-order valence-electron chi connectivity index (χ1n) is 6.40. The lowest BCUT2D eigenvalue weighted by atomic mass is 10.1. The molecule has 5 heteroatoms. The van der Waals surface area contributed by atoms with E-state index in [9.17, 15) is 0 Å². The number of halogens is 2. The quantitative estimate of drug-likeness (QED) is 0.940. The van der Waals surface area contributed by atoms with E-state index in [0.717, 1.165) is 30.9 Å². The van der Waals surface area contributed by atoms with Crippen molar-refractivity contribution in [2.45, 2.75) is 13.0 Å². The van der Waals surface area contributed by atoms with Gasteiger partial charge in [-0.2, -0.15) is 0 Å². The van der Waals surface area contributed by atoms with E-state index in [1.807, 2.05) is 24.7 Å². The Morgan fingerprint density at radius 1 is 1.37 bits per heavy atom. The number of nitrogens with one attached hydrogen (secondary N) is 1. The Morgan fingerprint density at radius 3 is 3.05 bits per heavy atom. The highest BCUT2D eigenvalue weighted by molar-refractivity contribution is 6.35. The van der Waals surface area contributed by atoms with Crippen LogP contribution in [0.25, 0.3) is 11.3 Å². The minimum absolute atomic E-state index is 0.658. The van der Waals surface area contributed by atoms with E-state index in [1.165, 1.54) is 6.42 Å². The van der Waals surface area contributed by atoms with Gasteiger partial charge in [0.25, 0.3) is 0 Å². The Bertz CT molecular complexity index is 574. The molecule has 1 N–H and O–H groups in total. The van der Waals surface area contributed by atoms with Crippen LogP contribution in [-0.4, -0.2) is 22.6 Å². The zero-order valence-electron chi connectivity index (χ0n) is 10.4. The Hall–Kier alpha value is -1.03. The first-order chi connectivity index (χ1) is 9.24. The summed E-state index contributed by atoms with van der Waals surface area (Å²) in [6.07, 6.45) is 4.92. The molecule has 2 heterocycles. The third-order valence-electron chi connectivity index (χ3n) is 3.53. The fourth-order valence-corrected chi connectivity index (χ4v) is 2.92. The molecule has 0 saturated carbocycles. The van der Waals surface area contributed by atoms with E-state index >= 15 is 0 Å². The van der Waals surface area contributed by atoms with Crippen molar-refractivity contribution in [2.24, 2.45) is 5.92 Å². The molecule has 0 bridgehead atoms. The van der Waals surface area contributed by atoms with Crippen molar-refractivity contribution < 1.29 is 0 Å². The molecule has 1 saturated heterocycles. The van der Waals surface area contributed by atoms with Gasteiger partial charge in [-0.1, -0.05) is 23.2 Å². The Morgan fingerprint density at radius 2 is 2.26 bits per heavy atom. The van der Waals surface area contributed by atoms with Gasteiger partial charge in [-0.25, -0.2) is 4.98 Å². The molecule has 1 atom stereocenters.